The van der Waals surface area contributed by atoms with Gasteiger partial charge in [-0.05, 0) is 20.8 Å². The molecule has 2 amide bonds. The van der Waals surface area contributed by atoms with Crippen LogP contribution in [0.1, 0.15) is 20.8 Å². The first-order valence-electron chi connectivity index (χ1n) is 6.86. The molecule has 2 atom stereocenters. The van der Waals surface area contributed by atoms with Gasteiger partial charge in [0.1, 0.15) is 5.60 Å². The van der Waals surface area contributed by atoms with E-state index in [4.69, 9.17) is 9.84 Å². The molecule has 1 fully saturated rings. The van der Waals surface area contributed by atoms with E-state index in [2.05, 4.69) is 10.1 Å². The van der Waals surface area contributed by atoms with Crippen LogP contribution >= 0.6 is 0 Å². The lowest BCUT2D eigenvalue weighted by atomic mass is 10.0. The summed E-state index contributed by atoms with van der Waals surface area (Å²) in [7, 11) is 1.25. The Labute approximate surface area is 129 Å². The zero-order chi connectivity index (χ0) is 16.9. The molecule has 8 nitrogen and oxygen atoms in total. The minimum atomic E-state index is -1.19. The fourth-order valence-electron chi connectivity index (χ4n) is 2.08. The van der Waals surface area contributed by atoms with Gasteiger partial charge >= 0.3 is 18.2 Å². The Kier molecular flexibility index (Phi) is 5.78. The van der Waals surface area contributed by atoms with Gasteiger partial charge in [-0.25, -0.2) is 14.4 Å². The van der Waals surface area contributed by atoms with Crippen LogP contribution in [0.2, 0.25) is 0 Å². The summed E-state index contributed by atoms with van der Waals surface area (Å²) < 4.78 is 9.76. The quantitative estimate of drug-likeness (QED) is 0.599. The molecule has 1 rings (SSSR count). The smallest absolute Gasteiger partial charge is 0.410 e. The van der Waals surface area contributed by atoms with Crippen LogP contribution in [-0.4, -0.2) is 60.0 Å². The summed E-state index contributed by atoms with van der Waals surface area (Å²) in [5.74, 6) is -0.868. The van der Waals surface area contributed by atoms with E-state index in [1.54, 1.807) is 20.8 Å². The molecule has 2 unspecified atom stereocenters. The van der Waals surface area contributed by atoms with Crippen LogP contribution in [0, 0.1) is 5.92 Å². The third-order valence-corrected chi connectivity index (χ3v) is 3.01. The summed E-state index contributed by atoms with van der Waals surface area (Å²) >= 11 is 0. The first-order chi connectivity index (χ1) is 10.1. The number of hydrogen-bond donors (Lipinski definition) is 2. The molecule has 1 saturated heterocycles. The lowest BCUT2D eigenvalue weighted by Gasteiger charge is -2.24. The molecule has 0 aromatic heterocycles. The number of nitrogens with one attached hydrogen (secondary N) is 1. The van der Waals surface area contributed by atoms with Gasteiger partial charge in [0.05, 0.1) is 13.2 Å². The molecule has 0 aromatic carbocycles. The zero-order valence-electron chi connectivity index (χ0n) is 13.2. The molecule has 0 saturated carbocycles. The number of carboxylic acid groups (broad SMARTS) is 1. The van der Waals surface area contributed by atoms with Crippen LogP contribution in [0.5, 0.6) is 0 Å². The average molecular weight is 314 g/mol. The minimum Gasteiger partial charge on any atom is -0.466 e. The lowest BCUT2D eigenvalue weighted by Crippen LogP contribution is -2.40. The fourth-order valence-corrected chi connectivity index (χ4v) is 2.08. The molecule has 0 bridgehead atoms. The molecule has 124 valence electrons. The van der Waals surface area contributed by atoms with Crippen LogP contribution in [-0.2, 0) is 14.3 Å². The van der Waals surface area contributed by atoms with E-state index < -0.39 is 29.8 Å². The lowest BCUT2D eigenvalue weighted by molar-refractivity contribution is -0.134. The van der Waals surface area contributed by atoms with Crippen molar-refractivity contribution in [3.8, 4) is 0 Å². The number of hydrogen-bond acceptors (Lipinski definition) is 5. The molecular formula is C14H22N2O6. The van der Waals surface area contributed by atoms with Gasteiger partial charge in [0.2, 0.25) is 0 Å². The third-order valence-electron chi connectivity index (χ3n) is 3.01. The zero-order valence-corrected chi connectivity index (χ0v) is 13.2. The molecular weight excluding hydrogens is 292 g/mol. The minimum absolute atomic E-state index is 0.178. The van der Waals surface area contributed by atoms with Gasteiger partial charge in [-0.1, -0.05) is 6.08 Å². The molecule has 0 aliphatic carbocycles. The number of amides is 2. The highest BCUT2D eigenvalue weighted by atomic mass is 16.6. The number of ether oxygens (including phenoxy) is 2. The Morgan fingerprint density at radius 1 is 1.27 bits per heavy atom. The maximum atomic E-state index is 12.0. The number of esters is 1. The highest BCUT2D eigenvalue weighted by Crippen LogP contribution is 2.21. The second-order valence-electron chi connectivity index (χ2n) is 5.99. The van der Waals surface area contributed by atoms with E-state index in [1.165, 1.54) is 24.2 Å². The van der Waals surface area contributed by atoms with E-state index in [9.17, 15) is 14.4 Å². The van der Waals surface area contributed by atoms with Gasteiger partial charge in [0.25, 0.3) is 0 Å². The van der Waals surface area contributed by atoms with Crippen molar-refractivity contribution in [2.75, 3.05) is 20.2 Å². The standard InChI is InChI=1S/C14H22N2O6/c1-14(2,3)22-13(20)16-7-9(5-6-11(17)21-4)10(8-16)15-12(18)19/h5-6,9-10,15H,7-8H2,1-4H3,(H,18,19)/b6-5+. The Morgan fingerprint density at radius 3 is 2.41 bits per heavy atom. The van der Waals surface area contributed by atoms with Crippen molar-refractivity contribution in [2.45, 2.75) is 32.4 Å². The molecule has 2 N–H and O–H groups in total. The predicted octanol–water partition coefficient (Wildman–Crippen LogP) is 1.22. The molecule has 1 aliphatic heterocycles. The Bertz CT molecular complexity index is 468. The second-order valence-corrected chi connectivity index (χ2v) is 5.99. The van der Waals surface area contributed by atoms with Crippen LogP contribution in [0.4, 0.5) is 9.59 Å². The number of likely N-dealkylation sites (tertiary alicyclic amines) is 1. The van der Waals surface area contributed by atoms with Crippen molar-refractivity contribution in [3.05, 3.63) is 12.2 Å². The molecule has 0 spiro atoms. The molecule has 1 aliphatic rings. The maximum absolute atomic E-state index is 12.0. The van der Waals surface area contributed by atoms with Crippen LogP contribution < -0.4 is 5.32 Å². The Balaban J connectivity index is 2.77. The number of methoxy groups -OCH3 is 1. The first-order valence-corrected chi connectivity index (χ1v) is 6.86. The number of rotatable bonds is 3. The number of carbonyl (C=O) groups excluding carboxylic acids is 2. The van der Waals surface area contributed by atoms with E-state index in [1.807, 2.05) is 0 Å². The van der Waals surface area contributed by atoms with Gasteiger partial charge in [-0.3, -0.25) is 0 Å². The SMILES string of the molecule is COC(=O)/C=C/C1CN(C(=O)OC(C)(C)C)CC1NC(=O)O. The highest BCUT2D eigenvalue weighted by molar-refractivity contribution is 5.81. The van der Waals surface area contributed by atoms with Crippen molar-refractivity contribution in [1.29, 1.82) is 0 Å². The topological polar surface area (TPSA) is 105 Å². The van der Waals surface area contributed by atoms with Crippen molar-refractivity contribution in [1.82, 2.24) is 10.2 Å². The van der Waals surface area contributed by atoms with E-state index >= 15 is 0 Å². The summed E-state index contributed by atoms with van der Waals surface area (Å²) in [6, 6.07) is -0.508. The van der Waals surface area contributed by atoms with Crippen LogP contribution in [0.3, 0.4) is 0 Å². The van der Waals surface area contributed by atoms with E-state index in [0.717, 1.165) is 0 Å². The largest absolute Gasteiger partial charge is 0.466 e. The Hall–Kier alpha value is -2.25. The second kappa shape index (κ2) is 7.15. The van der Waals surface area contributed by atoms with E-state index in [-0.39, 0.29) is 19.0 Å². The first kappa shape index (κ1) is 17.8. The third kappa shape index (κ3) is 5.63. The molecule has 8 heteroatoms. The van der Waals surface area contributed by atoms with Gasteiger partial charge in [0, 0.05) is 25.1 Å². The van der Waals surface area contributed by atoms with Crippen molar-refractivity contribution >= 4 is 18.2 Å². The van der Waals surface area contributed by atoms with Gasteiger partial charge in [-0.15, -0.1) is 0 Å². The molecule has 22 heavy (non-hydrogen) atoms. The van der Waals surface area contributed by atoms with Crippen molar-refractivity contribution < 1.29 is 29.0 Å². The maximum Gasteiger partial charge on any atom is 0.410 e. The van der Waals surface area contributed by atoms with Gasteiger partial charge in [0.15, 0.2) is 0 Å². The number of carbonyl (C=O) groups is 3. The highest BCUT2D eigenvalue weighted by Gasteiger charge is 2.36. The molecule has 0 aromatic rings. The summed E-state index contributed by atoms with van der Waals surface area (Å²) in [6.45, 7) is 5.69. The average Bonchev–Trinajstić information content (AvgIpc) is 2.76. The summed E-state index contributed by atoms with van der Waals surface area (Å²) in [5.41, 5.74) is -0.632. The molecule has 0 radical (unpaired) electrons. The van der Waals surface area contributed by atoms with Gasteiger partial charge in [-0.2, -0.15) is 0 Å². The van der Waals surface area contributed by atoms with Crippen LogP contribution in [0.25, 0.3) is 0 Å². The fraction of sp³-hybridized carbons (Fsp3) is 0.643. The molecule has 1 heterocycles. The summed E-state index contributed by atoms with van der Waals surface area (Å²) in [4.78, 5) is 35.4. The normalized spacial score (nSPS) is 21.7. The summed E-state index contributed by atoms with van der Waals surface area (Å²) in [5, 5.41) is 11.2. The predicted molar refractivity (Wildman–Crippen MR) is 77.4 cm³/mol. The Morgan fingerprint density at radius 2 is 1.91 bits per heavy atom. The summed E-state index contributed by atoms with van der Waals surface area (Å²) in [6.07, 6.45) is 1.06. The number of nitrogens with zero attached hydrogens (tertiary/aromatic N) is 1. The van der Waals surface area contributed by atoms with Crippen LogP contribution in [0.15, 0.2) is 12.2 Å². The van der Waals surface area contributed by atoms with E-state index in [0.29, 0.717) is 0 Å². The van der Waals surface area contributed by atoms with Crippen molar-refractivity contribution in [3.63, 3.8) is 0 Å². The van der Waals surface area contributed by atoms with Gasteiger partial charge < -0.3 is 24.8 Å². The monoisotopic (exact) mass is 314 g/mol. The van der Waals surface area contributed by atoms with Crippen molar-refractivity contribution in [2.24, 2.45) is 5.92 Å².